The van der Waals surface area contributed by atoms with Gasteiger partial charge in [0, 0.05) is 5.39 Å². The van der Waals surface area contributed by atoms with E-state index in [2.05, 4.69) is 27.5 Å². The minimum Gasteiger partial charge on any atom is -0.459 e. The molecular weight excluding hydrogens is 252 g/mol. The highest BCUT2D eigenvalue weighted by Gasteiger charge is 2.17. The Kier molecular flexibility index (Phi) is 3.28. The fraction of sp³-hybridized carbons (Fsp3) is 0.333. The molecule has 2 aromatic heterocycles. The second-order valence-electron chi connectivity index (χ2n) is 4.92. The van der Waals surface area contributed by atoms with Crippen LogP contribution in [0.3, 0.4) is 0 Å². The fourth-order valence-corrected chi connectivity index (χ4v) is 2.40. The van der Waals surface area contributed by atoms with Gasteiger partial charge in [-0.15, -0.1) is 0 Å². The summed E-state index contributed by atoms with van der Waals surface area (Å²) < 4.78 is 7.82. The van der Waals surface area contributed by atoms with E-state index in [9.17, 15) is 0 Å². The van der Waals surface area contributed by atoms with E-state index in [1.165, 1.54) is 0 Å². The summed E-state index contributed by atoms with van der Waals surface area (Å²) in [5.41, 5.74) is 0.911. The molecule has 1 unspecified atom stereocenters. The maximum Gasteiger partial charge on any atom is 0.147 e. The number of furan rings is 1. The minimum atomic E-state index is 0.0715. The molecule has 3 aromatic rings. The van der Waals surface area contributed by atoms with Crippen molar-refractivity contribution in [2.45, 2.75) is 26.4 Å². The molecule has 20 heavy (non-hydrogen) atoms. The van der Waals surface area contributed by atoms with E-state index in [4.69, 9.17) is 4.42 Å². The molecule has 1 N–H and O–H groups in total. The summed E-state index contributed by atoms with van der Waals surface area (Å²) in [4.78, 5) is 4.33. The van der Waals surface area contributed by atoms with Gasteiger partial charge in [-0.2, -0.15) is 5.10 Å². The number of hydrogen-bond donors (Lipinski definition) is 1. The molecule has 5 heteroatoms. The highest BCUT2D eigenvalue weighted by molar-refractivity contribution is 5.77. The van der Waals surface area contributed by atoms with Gasteiger partial charge < -0.3 is 9.73 Å². The molecule has 0 aliphatic rings. The molecule has 0 saturated heterocycles. The van der Waals surface area contributed by atoms with Gasteiger partial charge in [-0.3, -0.25) is 0 Å². The SMILES string of the molecule is CNC(Cn1nc(C)nc1C)c1cc2ccccc2o1. The minimum absolute atomic E-state index is 0.0715. The zero-order valence-corrected chi connectivity index (χ0v) is 11.9. The summed E-state index contributed by atoms with van der Waals surface area (Å²) in [5, 5.41) is 8.80. The maximum absolute atomic E-state index is 5.92. The van der Waals surface area contributed by atoms with Crippen molar-refractivity contribution in [2.75, 3.05) is 7.05 Å². The van der Waals surface area contributed by atoms with Gasteiger partial charge in [0.05, 0.1) is 12.6 Å². The Morgan fingerprint density at radius 2 is 2.10 bits per heavy atom. The molecule has 0 bridgehead atoms. The van der Waals surface area contributed by atoms with Crippen molar-refractivity contribution < 1.29 is 4.42 Å². The smallest absolute Gasteiger partial charge is 0.147 e. The van der Waals surface area contributed by atoms with Crippen LogP contribution >= 0.6 is 0 Å². The third kappa shape index (κ3) is 2.32. The van der Waals surface area contributed by atoms with Crippen LogP contribution in [0.15, 0.2) is 34.7 Å². The molecule has 104 valence electrons. The van der Waals surface area contributed by atoms with Gasteiger partial charge in [0.25, 0.3) is 0 Å². The van der Waals surface area contributed by atoms with Crippen LogP contribution in [0.25, 0.3) is 11.0 Å². The fourth-order valence-electron chi connectivity index (χ4n) is 2.40. The maximum atomic E-state index is 5.92. The molecule has 0 aliphatic heterocycles. The van der Waals surface area contributed by atoms with Gasteiger partial charge in [0.2, 0.25) is 0 Å². The Morgan fingerprint density at radius 3 is 2.75 bits per heavy atom. The first-order valence-electron chi connectivity index (χ1n) is 6.71. The Labute approximate surface area is 117 Å². The van der Waals surface area contributed by atoms with Crippen molar-refractivity contribution in [1.82, 2.24) is 20.1 Å². The molecule has 0 saturated carbocycles. The molecule has 2 heterocycles. The summed E-state index contributed by atoms with van der Waals surface area (Å²) in [6, 6.07) is 10.2. The first-order chi connectivity index (χ1) is 9.67. The molecule has 0 amide bonds. The van der Waals surface area contributed by atoms with E-state index in [0.717, 1.165) is 28.4 Å². The number of nitrogens with one attached hydrogen (secondary N) is 1. The van der Waals surface area contributed by atoms with E-state index < -0.39 is 0 Å². The summed E-state index contributed by atoms with van der Waals surface area (Å²) in [6.07, 6.45) is 0. The van der Waals surface area contributed by atoms with Crippen LogP contribution in [-0.2, 0) is 6.54 Å². The number of hydrogen-bond acceptors (Lipinski definition) is 4. The van der Waals surface area contributed by atoms with E-state index in [0.29, 0.717) is 6.54 Å². The molecule has 3 rings (SSSR count). The number of likely N-dealkylation sites (N-methyl/N-ethyl adjacent to an activating group) is 1. The largest absolute Gasteiger partial charge is 0.459 e. The predicted molar refractivity (Wildman–Crippen MR) is 77.5 cm³/mol. The number of aryl methyl sites for hydroxylation is 2. The molecule has 1 atom stereocenters. The van der Waals surface area contributed by atoms with Crippen LogP contribution in [0.2, 0.25) is 0 Å². The summed E-state index contributed by atoms with van der Waals surface area (Å²) in [5.74, 6) is 2.63. The van der Waals surface area contributed by atoms with Crippen molar-refractivity contribution in [2.24, 2.45) is 0 Å². The first-order valence-corrected chi connectivity index (χ1v) is 6.71. The van der Waals surface area contributed by atoms with Crippen LogP contribution in [0, 0.1) is 13.8 Å². The Morgan fingerprint density at radius 1 is 1.30 bits per heavy atom. The average molecular weight is 270 g/mol. The second-order valence-corrected chi connectivity index (χ2v) is 4.92. The van der Waals surface area contributed by atoms with Crippen molar-refractivity contribution in [3.05, 3.63) is 47.7 Å². The Balaban J connectivity index is 1.91. The molecular formula is C15H18N4O. The van der Waals surface area contributed by atoms with E-state index >= 15 is 0 Å². The molecule has 0 fully saturated rings. The zero-order valence-electron chi connectivity index (χ0n) is 11.9. The summed E-state index contributed by atoms with van der Waals surface area (Å²) >= 11 is 0. The lowest BCUT2D eigenvalue weighted by Crippen LogP contribution is -2.22. The van der Waals surface area contributed by atoms with Gasteiger partial charge in [0.15, 0.2) is 0 Å². The molecule has 5 nitrogen and oxygen atoms in total. The summed E-state index contributed by atoms with van der Waals surface area (Å²) in [7, 11) is 1.93. The lowest BCUT2D eigenvalue weighted by Gasteiger charge is -2.14. The van der Waals surface area contributed by atoms with Crippen molar-refractivity contribution in [3.63, 3.8) is 0 Å². The number of para-hydroxylation sites is 1. The second kappa shape index (κ2) is 5.09. The number of benzene rings is 1. The number of fused-ring (bicyclic) bond motifs is 1. The summed E-state index contributed by atoms with van der Waals surface area (Å²) in [6.45, 7) is 4.56. The topological polar surface area (TPSA) is 55.9 Å². The third-order valence-electron chi connectivity index (χ3n) is 3.45. The number of aromatic nitrogens is 3. The van der Waals surface area contributed by atoms with Gasteiger partial charge in [-0.25, -0.2) is 9.67 Å². The Hall–Kier alpha value is -2.14. The number of nitrogens with zero attached hydrogens (tertiary/aromatic N) is 3. The molecule has 0 spiro atoms. The molecule has 0 radical (unpaired) electrons. The number of rotatable bonds is 4. The third-order valence-corrected chi connectivity index (χ3v) is 3.45. The first kappa shape index (κ1) is 12.9. The zero-order chi connectivity index (χ0) is 14.1. The molecule has 1 aromatic carbocycles. The predicted octanol–water partition coefficient (Wildman–Crippen LogP) is 2.60. The molecule has 0 aliphatic carbocycles. The normalized spacial score (nSPS) is 12.9. The Bertz CT molecular complexity index is 695. The van der Waals surface area contributed by atoms with Gasteiger partial charge in [-0.1, -0.05) is 18.2 Å². The van der Waals surface area contributed by atoms with Crippen LogP contribution in [0.5, 0.6) is 0 Å². The van der Waals surface area contributed by atoms with Crippen LogP contribution < -0.4 is 5.32 Å². The van der Waals surface area contributed by atoms with Crippen molar-refractivity contribution in [3.8, 4) is 0 Å². The van der Waals surface area contributed by atoms with Crippen molar-refractivity contribution >= 4 is 11.0 Å². The van der Waals surface area contributed by atoms with Crippen LogP contribution in [0.1, 0.15) is 23.5 Å². The van der Waals surface area contributed by atoms with E-state index in [1.54, 1.807) is 0 Å². The monoisotopic (exact) mass is 270 g/mol. The lowest BCUT2D eigenvalue weighted by molar-refractivity contribution is 0.390. The van der Waals surface area contributed by atoms with Gasteiger partial charge in [-0.05, 0) is 33.0 Å². The quantitative estimate of drug-likeness (QED) is 0.791. The highest BCUT2D eigenvalue weighted by Crippen LogP contribution is 2.24. The van der Waals surface area contributed by atoms with Crippen LogP contribution in [-0.4, -0.2) is 21.8 Å². The lowest BCUT2D eigenvalue weighted by atomic mass is 10.2. The van der Waals surface area contributed by atoms with Crippen molar-refractivity contribution in [1.29, 1.82) is 0 Å². The van der Waals surface area contributed by atoms with Gasteiger partial charge in [0.1, 0.15) is 23.0 Å². The van der Waals surface area contributed by atoms with Crippen LogP contribution in [0.4, 0.5) is 0 Å². The average Bonchev–Trinajstić information content (AvgIpc) is 2.99. The van der Waals surface area contributed by atoms with E-state index in [-0.39, 0.29) is 6.04 Å². The van der Waals surface area contributed by atoms with Gasteiger partial charge >= 0.3 is 0 Å². The standard InChI is InChI=1S/C15H18N4O/c1-10-17-11(2)19(18-10)9-13(16-3)15-8-12-6-4-5-7-14(12)20-15/h4-8,13,16H,9H2,1-3H3. The van der Waals surface area contributed by atoms with E-state index in [1.807, 2.05) is 43.8 Å². The highest BCUT2D eigenvalue weighted by atomic mass is 16.3.